The highest BCUT2D eigenvalue weighted by atomic mass is 32.1. The molecular formula is C15H26N2S. The molecule has 0 saturated heterocycles. The zero-order valence-electron chi connectivity index (χ0n) is 11.7. The van der Waals surface area contributed by atoms with Gasteiger partial charge in [0, 0.05) is 23.5 Å². The molecule has 1 aromatic rings. The van der Waals surface area contributed by atoms with Crippen LogP contribution in [0.1, 0.15) is 49.5 Å². The third-order valence-corrected chi connectivity index (χ3v) is 5.09. The summed E-state index contributed by atoms with van der Waals surface area (Å²) in [6.07, 6.45) is 6.22. The summed E-state index contributed by atoms with van der Waals surface area (Å²) in [5, 5.41) is 2.21. The molecule has 0 unspecified atom stereocenters. The molecule has 2 nitrogen and oxygen atoms in total. The Morgan fingerprint density at radius 1 is 1.33 bits per heavy atom. The Morgan fingerprint density at radius 2 is 2.06 bits per heavy atom. The monoisotopic (exact) mass is 266 g/mol. The van der Waals surface area contributed by atoms with E-state index >= 15 is 0 Å². The number of rotatable bonds is 5. The second-order valence-corrected chi connectivity index (χ2v) is 6.57. The van der Waals surface area contributed by atoms with Crippen LogP contribution in [0.3, 0.4) is 0 Å². The van der Waals surface area contributed by atoms with E-state index in [1.165, 1.54) is 44.2 Å². The summed E-state index contributed by atoms with van der Waals surface area (Å²) in [4.78, 5) is 4.23. The third-order valence-electron chi connectivity index (χ3n) is 4.08. The molecule has 0 aliphatic heterocycles. The van der Waals surface area contributed by atoms with Crippen molar-refractivity contribution in [2.45, 2.75) is 64.6 Å². The molecule has 2 N–H and O–H groups in total. The van der Waals surface area contributed by atoms with Gasteiger partial charge >= 0.3 is 0 Å². The van der Waals surface area contributed by atoms with Crippen molar-refractivity contribution in [3.05, 3.63) is 21.9 Å². The maximum atomic E-state index is 6.01. The van der Waals surface area contributed by atoms with E-state index in [9.17, 15) is 0 Å². The highest BCUT2D eigenvalue weighted by molar-refractivity contribution is 7.10. The van der Waals surface area contributed by atoms with Gasteiger partial charge in [0.2, 0.25) is 0 Å². The van der Waals surface area contributed by atoms with Crippen LogP contribution in [-0.4, -0.2) is 23.5 Å². The minimum absolute atomic E-state index is 0.452. The van der Waals surface area contributed by atoms with Gasteiger partial charge in [-0.05, 0) is 62.6 Å². The molecule has 102 valence electrons. The topological polar surface area (TPSA) is 29.3 Å². The van der Waals surface area contributed by atoms with Crippen molar-refractivity contribution in [2.24, 2.45) is 5.73 Å². The summed E-state index contributed by atoms with van der Waals surface area (Å²) in [5.41, 5.74) is 7.47. The fourth-order valence-electron chi connectivity index (χ4n) is 2.90. The van der Waals surface area contributed by atoms with Crippen LogP contribution in [0.4, 0.5) is 0 Å². The van der Waals surface area contributed by atoms with Gasteiger partial charge < -0.3 is 5.73 Å². The van der Waals surface area contributed by atoms with Crippen molar-refractivity contribution in [3.63, 3.8) is 0 Å². The van der Waals surface area contributed by atoms with Gasteiger partial charge in [-0.1, -0.05) is 6.92 Å². The van der Waals surface area contributed by atoms with Crippen LogP contribution >= 0.6 is 11.3 Å². The summed E-state index contributed by atoms with van der Waals surface area (Å²) in [6, 6.07) is 3.44. The molecule has 0 atom stereocenters. The van der Waals surface area contributed by atoms with Crippen molar-refractivity contribution in [3.8, 4) is 0 Å². The molecule has 1 fully saturated rings. The second-order valence-electron chi connectivity index (χ2n) is 5.57. The lowest BCUT2D eigenvalue weighted by atomic mass is 9.90. The van der Waals surface area contributed by atoms with E-state index in [1.807, 2.05) is 11.3 Å². The Balaban J connectivity index is 1.97. The predicted octanol–water partition coefficient (Wildman–Crippen LogP) is 3.54. The first kappa shape index (κ1) is 14.0. The van der Waals surface area contributed by atoms with Crippen molar-refractivity contribution in [2.75, 3.05) is 6.54 Å². The van der Waals surface area contributed by atoms with Crippen molar-refractivity contribution in [1.82, 2.24) is 4.90 Å². The maximum absolute atomic E-state index is 6.01. The molecule has 3 heteroatoms. The number of nitrogens with two attached hydrogens (primary N) is 1. The molecule has 0 radical (unpaired) electrons. The van der Waals surface area contributed by atoms with E-state index in [4.69, 9.17) is 5.73 Å². The Hall–Kier alpha value is -0.380. The van der Waals surface area contributed by atoms with E-state index < -0.39 is 0 Å². The Kier molecular flexibility index (Phi) is 5.22. The van der Waals surface area contributed by atoms with Crippen LogP contribution in [0.25, 0.3) is 0 Å². The molecule has 0 bridgehead atoms. The quantitative estimate of drug-likeness (QED) is 0.883. The molecule has 0 aromatic carbocycles. The summed E-state index contributed by atoms with van der Waals surface area (Å²) < 4.78 is 0. The maximum Gasteiger partial charge on any atom is 0.0333 e. The lowest BCUT2D eigenvalue weighted by molar-refractivity contribution is 0.143. The predicted molar refractivity (Wildman–Crippen MR) is 80.0 cm³/mol. The molecule has 1 saturated carbocycles. The fraction of sp³-hybridized carbons (Fsp3) is 0.733. The summed E-state index contributed by atoms with van der Waals surface area (Å²) in [6.45, 7) is 6.87. The summed E-state index contributed by atoms with van der Waals surface area (Å²) in [5.74, 6) is 0. The molecule has 1 aromatic heterocycles. The number of aryl methyl sites for hydroxylation is 1. The first-order chi connectivity index (χ1) is 8.70. The van der Waals surface area contributed by atoms with Crippen LogP contribution in [0.15, 0.2) is 11.4 Å². The van der Waals surface area contributed by atoms with E-state index in [1.54, 1.807) is 4.88 Å². The largest absolute Gasteiger partial charge is 0.328 e. The molecule has 0 spiro atoms. The lowest BCUT2D eigenvalue weighted by Crippen LogP contribution is -2.40. The van der Waals surface area contributed by atoms with E-state index in [2.05, 4.69) is 30.2 Å². The fourth-order valence-corrected chi connectivity index (χ4v) is 3.83. The summed E-state index contributed by atoms with van der Waals surface area (Å²) in [7, 11) is 0. The number of hydrogen-bond donors (Lipinski definition) is 1. The first-order valence-electron chi connectivity index (χ1n) is 7.23. The van der Waals surface area contributed by atoms with Crippen LogP contribution in [0.2, 0.25) is 0 Å². The molecule has 2 rings (SSSR count). The van der Waals surface area contributed by atoms with Crippen molar-refractivity contribution >= 4 is 11.3 Å². The lowest BCUT2D eigenvalue weighted by Gasteiger charge is -2.36. The van der Waals surface area contributed by atoms with Crippen LogP contribution < -0.4 is 5.73 Å². The number of nitrogens with zero attached hydrogens (tertiary/aromatic N) is 1. The number of thiophene rings is 1. The van der Waals surface area contributed by atoms with Gasteiger partial charge in [0.15, 0.2) is 0 Å². The highest BCUT2D eigenvalue weighted by Crippen LogP contribution is 2.26. The van der Waals surface area contributed by atoms with Crippen LogP contribution in [0.5, 0.6) is 0 Å². The molecule has 1 aliphatic rings. The molecule has 1 aliphatic carbocycles. The molecule has 18 heavy (non-hydrogen) atoms. The molecular weight excluding hydrogens is 240 g/mol. The zero-order chi connectivity index (χ0) is 13.0. The van der Waals surface area contributed by atoms with Gasteiger partial charge in [-0.15, -0.1) is 11.3 Å². The van der Waals surface area contributed by atoms with Gasteiger partial charge in [-0.2, -0.15) is 0 Å². The second kappa shape index (κ2) is 6.69. The van der Waals surface area contributed by atoms with Crippen LogP contribution in [-0.2, 0) is 6.54 Å². The Labute approximate surface area is 115 Å². The number of hydrogen-bond acceptors (Lipinski definition) is 3. The summed E-state index contributed by atoms with van der Waals surface area (Å²) >= 11 is 1.90. The standard InChI is InChI=1S/C15H26N2S/c1-3-9-17(11-15-12(2)8-10-18-15)14-6-4-13(16)5-7-14/h8,10,13-14H,3-7,9,11,16H2,1-2H3. The van der Waals surface area contributed by atoms with E-state index in [-0.39, 0.29) is 0 Å². The highest BCUT2D eigenvalue weighted by Gasteiger charge is 2.24. The van der Waals surface area contributed by atoms with Crippen LogP contribution in [0, 0.1) is 6.92 Å². The average molecular weight is 266 g/mol. The van der Waals surface area contributed by atoms with E-state index in [0.29, 0.717) is 6.04 Å². The zero-order valence-corrected chi connectivity index (χ0v) is 12.5. The van der Waals surface area contributed by atoms with Gasteiger partial charge in [-0.25, -0.2) is 0 Å². The third kappa shape index (κ3) is 3.56. The smallest absolute Gasteiger partial charge is 0.0333 e. The minimum Gasteiger partial charge on any atom is -0.328 e. The minimum atomic E-state index is 0.452. The molecule has 0 amide bonds. The normalized spacial score (nSPS) is 24.7. The Bertz CT molecular complexity index is 353. The van der Waals surface area contributed by atoms with Crippen molar-refractivity contribution in [1.29, 1.82) is 0 Å². The van der Waals surface area contributed by atoms with Gasteiger partial charge in [-0.3, -0.25) is 4.90 Å². The van der Waals surface area contributed by atoms with Gasteiger partial charge in [0.05, 0.1) is 0 Å². The Morgan fingerprint density at radius 3 is 2.61 bits per heavy atom. The molecule has 1 heterocycles. The first-order valence-corrected chi connectivity index (χ1v) is 8.11. The van der Waals surface area contributed by atoms with Crippen molar-refractivity contribution < 1.29 is 0 Å². The van der Waals surface area contributed by atoms with Gasteiger partial charge in [0.1, 0.15) is 0 Å². The SMILES string of the molecule is CCCN(Cc1sccc1C)C1CCC(N)CC1. The average Bonchev–Trinajstić information content (AvgIpc) is 2.76. The van der Waals surface area contributed by atoms with E-state index in [0.717, 1.165) is 12.6 Å². The van der Waals surface area contributed by atoms with Gasteiger partial charge in [0.25, 0.3) is 0 Å².